The third-order valence-corrected chi connectivity index (χ3v) is 6.98. The van der Waals surface area contributed by atoms with Crippen LogP contribution in [0.5, 0.6) is 0 Å². The second-order valence-corrected chi connectivity index (χ2v) is 8.80. The third kappa shape index (κ3) is 3.55. The van der Waals surface area contributed by atoms with Crippen LogP contribution in [0, 0.1) is 11.6 Å². The Labute approximate surface area is 205 Å². The van der Waals surface area contributed by atoms with E-state index in [1.807, 2.05) is 13.8 Å². The highest BCUT2D eigenvalue weighted by atomic mass is 19.2. The minimum absolute atomic E-state index is 0.136. The van der Waals surface area contributed by atoms with E-state index in [9.17, 15) is 23.5 Å². The van der Waals surface area contributed by atoms with Gasteiger partial charge in [0.05, 0.1) is 48.8 Å². The first-order valence-electron chi connectivity index (χ1n) is 12.0. The highest BCUT2D eigenvalue weighted by molar-refractivity contribution is 5.92. The van der Waals surface area contributed by atoms with Crippen molar-refractivity contribution in [2.45, 2.75) is 51.9 Å². The van der Waals surface area contributed by atoms with Crippen LogP contribution in [0.3, 0.4) is 0 Å². The lowest BCUT2D eigenvalue weighted by molar-refractivity contribution is -0.157. The van der Waals surface area contributed by atoms with E-state index in [0.717, 1.165) is 11.6 Å². The molecule has 0 radical (unpaired) electrons. The molecule has 1 aromatic carbocycles. The number of aliphatic hydroxyl groups excluding tert-OH is 2. The van der Waals surface area contributed by atoms with Crippen molar-refractivity contribution in [3.05, 3.63) is 61.9 Å². The number of cyclic esters (lactones) is 1. The Morgan fingerprint density at radius 1 is 1.19 bits per heavy atom. The molecule has 0 spiro atoms. The molecule has 0 saturated heterocycles. The van der Waals surface area contributed by atoms with E-state index < -0.39 is 29.3 Å². The van der Waals surface area contributed by atoms with Gasteiger partial charge < -0.3 is 24.3 Å². The van der Waals surface area contributed by atoms with Crippen molar-refractivity contribution < 1.29 is 33.3 Å². The van der Waals surface area contributed by atoms with Gasteiger partial charge in [0.2, 0.25) is 0 Å². The standard InChI is InChI=1S/C24H20F2N2O6.C2H6/c25-15-6-16-19-11(20(15)26)2-1-10(8-33-4-3-29)18(19)13-7-28-17(21(13)27-16)5-12-14(23(28)31)9-34-24(32)22(12)30;1-2/h5-6,10,22,29-30H,1-4,7-9H2;1-2H3. The maximum atomic E-state index is 14.7. The van der Waals surface area contributed by atoms with Crippen molar-refractivity contribution in [2.24, 2.45) is 0 Å². The largest absolute Gasteiger partial charge is 0.458 e. The monoisotopic (exact) mass is 500 g/mol. The number of carbonyl (C=O) groups is 1. The number of fused-ring (bicyclic) bond motifs is 5. The van der Waals surface area contributed by atoms with E-state index in [1.165, 1.54) is 4.57 Å². The fourth-order valence-electron chi connectivity index (χ4n) is 5.45. The van der Waals surface area contributed by atoms with Crippen LogP contribution >= 0.6 is 0 Å². The van der Waals surface area contributed by atoms with Crippen LogP contribution in [0.25, 0.3) is 22.3 Å². The number of hydrogen-bond acceptors (Lipinski definition) is 7. The van der Waals surface area contributed by atoms with Gasteiger partial charge in [-0.25, -0.2) is 18.6 Å². The number of pyridine rings is 2. The molecule has 0 bridgehead atoms. The molecule has 10 heteroatoms. The number of halogens is 2. The van der Waals surface area contributed by atoms with Gasteiger partial charge in [-0.1, -0.05) is 13.8 Å². The molecule has 3 aromatic rings. The van der Waals surface area contributed by atoms with Crippen molar-refractivity contribution in [3.8, 4) is 11.4 Å². The van der Waals surface area contributed by atoms with Crippen LogP contribution in [-0.4, -0.2) is 45.6 Å². The molecule has 0 amide bonds. The molecule has 4 heterocycles. The SMILES string of the molecule is CC.O=C1OCc2c(cc3n(c2=O)Cc2c-3nc3cc(F)c(F)c4c3c2C(COCCO)CC4)C1O. The van der Waals surface area contributed by atoms with Gasteiger partial charge in [0, 0.05) is 34.1 Å². The Bertz CT molecular complexity index is 1450. The molecule has 0 fully saturated rings. The lowest BCUT2D eigenvalue weighted by Gasteiger charge is -2.28. The number of benzene rings is 1. The first-order chi connectivity index (χ1) is 17.4. The molecule has 3 aliphatic rings. The van der Waals surface area contributed by atoms with Crippen LogP contribution in [0.2, 0.25) is 0 Å². The summed E-state index contributed by atoms with van der Waals surface area (Å²) >= 11 is 0. The van der Waals surface area contributed by atoms with Gasteiger partial charge in [0.1, 0.15) is 6.61 Å². The molecule has 6 rings (SSSR count). The number of esters is 1. The maximum absolute atomic E-state index is 14.7. The summed E-state index contributed by atoms with van der Waals surface area (Å²) in [6.07, 6.45) is -0.760. The summed E-state index contributed by atoms with van der Waals surface area (Å²) in [6.45, 7) is 4.21. The molecule has 2 aliphatic heterocycles. The Balaban J connectivity index is 0.00000130. The molecule has 2 unspecified atom stereocenters. The Kier molecular flexibility index (Phi) is 6.36. The van der Waals surface area contributed by atoms with E-state index >= 15 is 0 Å². The Hall–Kier alpha value is -3.21. The molecule has 1 aliphatic carbocycles. The van der Waals surface area contributed by atoms with Gasteiger partial charge in [0.25, 0.3) is 5.56 Å². The van der Waals surface area contributed by atoms with Gasteiger partial charge in [-0.2, -0.15) is 0 Å². The topological polar surface area (TPSA) is 111 Å². The van der Waals surface area contributed by atoms with Gasteiger partial charge in [-0.15, -0.1) is 0 Å². The van der Waals surface area contributed by atoms with Crippen LogP contribution < -0.4 is 5.56 Å². The van der Waals surface area contributed by atoms with Crippen molar-refractivity contribution in [1.29, 1.82) is 0 Å². The zero-order chi connectivity index (χ0) is 25.7. The molecular weight excluding hydrogens is 474 g/mol. The fraction of sp³-hybridized carbons (Fsp3) is 0.423. The number of aryl methyl sites for hydroxylation is 1. The third-order valence-electron chi connectivity index (χ3n) is 6.98. The number of hydrogen-bond donors (Lipinski definition) is 2. The van der Waals surface area contributed by atoms with E-state index in [0.29, 0.717) is 35.2 Å². The van der Waals surface area contributed by atoms with Gasteiger partial charge >= 0.3 is 5.97 Å². The first kappa shape index (κ1) is 24.5. The lowest BCUT2D eigenvalue weighted by Crippen LogP contribution is -2.32. The second kappa shape index (κ2) is 9.34. The normalized spacial score (nSPS) is 19.2. The number of rotatable bonds is 4. The highest BCUT2D eigenvalue weighted by Gasteiger charge is 2.37. The molecule has 190 valence electrons. The van der Waals surface area contributed by atoms with Crippen molar-refractivity contribution >= 4 is 16.9 Å². The summed E-state index contributed by atoms with van der Waals surface area (Å²) in [5.41, 5.74) is 2.79. The lowest BCUT2D eigenvalue weighted by atomic mass is 9.79. The zero-order valence-electron chi connectivity index (χ0n) is 19.9. The minimum Gasteiger partial charge on any atom is -0.458 e. The van der Waals surface area contributed by atoms with Crippen LogP contribution in [-0.2, 0) is 33.8 Å². The molecule has 8 nitrogen and oxygen atoms in total. The zero-order valence-corrected chi connectivity index (χ0v) is 19.9. The summed E-state index contributed by atoms with van der Waals surface area (Å²) in [5.74, 6) is -2.89. The summed E-state index contributed by atoms with van der Waals surface area (Å²) < 4.78 is 41.2. The summed E-state index contributed by atoms with van der Waals surface area (Å²) in [5, 5.41) is 19.9. The van der Waals surface area contributed by atoms with Gasteiger partial charge in [-0.05, 0) is 24.5 Å². The van der Waals surface area contributed by atoms with E-state index in [4.69, 9.17) is 14.6 Å². The van der Waals surface area contributed by atoms with Crippen LogP contribution in [0.4, 0.5) is 8.78 Å². The quantitative estimate of drug-likeness (QED) is 0.328. The number of nitrogens with zero attached hydrogens (tertiary/aromatic N) is 2. The average Bonchev–Trinajstić information content (AvgIpc) is 3.25. The van der Waals surface area contributed by atoms with Crippen molar-refractivity contribution in [3.63, 3.8) is 0 Å². The molecule has 2 N–H and O–H groups in total. The van der Waals surface area contributed by atoms with Crippen LogP contribution in [0.15, 0.2) is 16.9 Å². The maximum Gasteiger partial charge on any atom is 0.340 e. The Morgan fingerprint density at radius 2 is 1.97 bits per heavy atom. The number of carbonyl (C=O) groups excluding carboxylic acids is 1. The summed E-state index contributed by atoms with van der Waals surface area (Å²) in [4.78, 5) is 29.7. The number of aliphatic hydroxyl groups is 2. The highest BCUT2D eigenvalue weighted by Crippen LogP contribution is 2.45. The molecular formula is C26H26F2N2O6. The van der Waals surface area contributed by atoms with E-state index in [-0.39, 0.29) is 61.1 Å². The summed E-state index contributed by atoms with van der Waals surface area (Å²) in [6, 6.07) is 2.61. The number of ether oxygens (including phenoxy) is 2. The molecule has 2 aromatic heterocycles. The first-order valence-corrected chi connectivity index (χ1v) is 12.0. The average molecular weight is 500 g/mol. The predicted octanol–water partition coefficient (Wildman–Crippen LogP) is 2.86. The fourth-order valence-corrected chi connectivity index (χ4v) is 5.45. The molecule has 0 saturated carbocycles. The van der Waals surface area contributed by atoms with Crippen molar-refractivity contribution in [2.75, 3.05) is 19.8 Å². The molecule has 2 atom stereocenters. The van der Waals surface area contributed by atoms with Crippen molar-refractivity contribution in [1.82, 2.24) is 9.55 Å². The van der Waals surface area contributed by atoms with Gasteiger partial charge in [-0.3, -0.25) is 4.79 Å². The van der Waals surface area contributed by atoms with Gasteiger partial charge in [0.15, 0.2) is 17.7 Å². The van der Waals surface area contributed by atoms with E-state index in [2.05, 4.69) is 4.98 Å². The predicted molar refractivity (Wildman–Crippen MR) is 126 cm³/mol. The Morgan fingerprint density at radius 3 is 2.72 bits per heavy atom. The smallest absolute Gasteiger partial charge is 0.340 e. The van der Waals surface area contributed by atoms with Crippen LogP contribution in [0.1, 0.15) is 60.1 Å². The number of aromatic nitrogens is 2. The van der Waals surface area contributed by atoms with E-state index in [1.54, 1.807) is 6.07 Å². The minimum atomic E-state index is -1.58. The summed E-state index contributed by atoms with van der Waals surface area (Å²) in [7, 11) is 0. The second-order valence-electron chi connectivity index (χ2n) is 8.80. The molecule has 36 heavy (non-hydrogen) atoms.